The topological polar surface area (TPSA) is 83.1 Å². The highest BCUT2D eigenvalue weighted by atomic mass is 16.5. The third-order valence-corrected chi connectivity index (χ3v) is 9.71. The van der Waals surface area contributed by atoms with Crippen LogP contribution in [0, 0.1) is 11.8 Å². The Balaban J connectivity index is 1.26. The Bertz CT molecular complexity index is 1630. The summed E-state index contributed by atoms with van der Waals surface area (Å²) < 4.78 is 52.9. The Morgan fingerprint density at radius 1 is 0.451 bits per heavy atom. The molecule has 1 aliphatic rings. The first-order valence-electron chi connectivity index (χ1n) is 17.4. The van der Waals surface area contributed by atoms with Crippen LogP contribution in [-0.4, -0.2) is 54.9 Å². The Hall–Kier alpha value is -4.76. The van der Waals surface area contributed by atoms with Crippen molar-refractivity contribution in [3.63, 3.8) is 0 Å². The molecular weight excluding hydrogens is 648 g/mol. The van der Waals surface area contributed by atoms with Crippen molar-refractivity contribution in [1.82, 2.24) is 0 Å². The van der Waals surface area contributed by atoms with E-state index in [-0.39, 0.29) is 36.3 Å². The maximum atomic E-state index is 6.80. The van der Waals surface area contributed by atoms with Crippen molar-refractivity contribution in [2.75, 3.05) is 42.7 Å². The summed E-state index contributed by atoms with van der Waals surface area (Å²) in [5.41, 5.74) is 4.27. The summed E-state index contributed by atoms with van der Waals surface area (Å²) in [5.74, 6) is 6.00. The fourth-order valence-electron chi connectivity index (χ4n) is 6.83. The molecule has 0 bridgehead atoms. The molecule has 0 aliphatic carbocycles. The lowest BCUT2D eigenvalue weighted by Gasteiger charge is -2.21. The van der Waals surface area contributed by atoms with Gasteiger partial charge in [0.1, 0.15) is 12.2 Å². The van der Waals surface area contributed by atoms with Crippen LogP contribution >= 0.6 is 0 Å². The third kappa shape index (κ3) is 8.59. The Kier molecular flexibility index (Phi) is 12.5. The minimum Gasteiger partial charge on any atom is -0.493 e. The van der Waals surface area contributed by atoms with Crippen molar-refractivity contribution >= 4 is 0 Å². The zero-order chi connectivity index (χ0) is 36.7. The normalized spacial score (nSPS) is 19.5. The minimum atomic E-state index is -0.124. The van der Waals surface area contributed by atoms with Crippen LogP contribution in [0.15, 0.2) is 72.8 Å². The molecule has 1 saturated heterocycles. The quantitative estimate of drug-likeness (QED) is 0.114. The smallest absolute Gasteiger partial charge is 0.161 e. The molecule has 0 spiro atoms. The number of benzene rings is 4. The minimum absolute atomic E-state index is 0.107. The molecule has 9 heteroatoms. The van der Waals surface area contributed by atoms with E-state index in [1.807, 2.05) is 74.5 Å². The fourth-order valence-corrected chi connectivity index (χ4v) is 6.83. The molecule has 1 fully saturated rings. The van der Waals surface area contributed by atoms with E-state index >= 15 is 0 Å². The summed E-state index contributed by atoms with van der Waals surface area (Å²) in [7, 11) is 9.88. The second kappa shape index (κ2) is 17.0. The van der Waals surface area contributed by atoms with Gasteiger partial charge < -0.3 is 42.6 Å². The molecule has 4 aromatic rings. The Morgan fingerprint density at radius 3 is 1.14 bits per heavy atom. The van der Waals surface area contributed by atoms with E-state index in [0.29, 0.717) is 58.8 Å². The van der Waals surface area contributed by atoms with E-state index in [1.54, 1.807) is 42.7 Å². The molecule has 0 N–H and O–H groups in total. The second-order valence-corrected chi connectivity index (χ2v) is 13.2. The molecule has 9 nitrogen and oxygen atoms in total. The average molecular weight is 701 g/mol. The van der Waals surface area contributed by atoms with Gasteiger partial charge in [0.25, 0.3) is 0 Å². The third-order valence-electron chi connectivity index (χ3n) is 9.71. The lowest BCUT2D eigenvalue weighted by molar-refractivity contribution is 0.0287. The van der Waals surface area contributed by atoms with E-state index in [2.05, 4.69) is 26.0 Å². The molecule has 6 unspecified atom stereocenters. The van der Waals surface area contributed by atoms with Gasteiger partial charge >= 0.3 is 0 Å². The summed E-state index contributed by atoms with van der Waals surface area (Å²) in [6, 6.07) is 24.0. The zero-order valence-corrected chi connectivity index (χ0v) is 31.5. The summed E-state index contributed by atoms with van der Waals surface area (Å²) in [4.78, 5) is 0. The summed E-state index contributed by atoms with van der Waals surface area (Å²) in [5, 5.41) is 0. The van der Waals surface area contributed by atoms with Crippen LogP contribution in [0.1, 0.15) is 62.2 Å². The van der Waals surface area contributed by atoms with Crippen molar-refractivity contribution < 1.29 is 42.6 Å². The van der Waals surface area contributed by atoms with Crippen molar-refractivity contribution in [1.29, 1.82) is 0 Å². The van der Waals surface area contributed by atoms with Crippen molar-refractivity contribution in [2.24, 2.45) is 11.8 Å². The zero-order valence-electron chi connectivity index (χ0n) is 31.5. The van der Waals surface area contributed by atoms with Gasteiger partial charge in [0.2, 0.25) is 0 Å². The highest BCUT2D eigenvalue weighted by Gasteiger charge is 2.41. The number of hydrogen-bond acceptors (Lipinski definition) is 9. The molecular formula is C42H52O9. The highest BCUT2D eigenvalue weighted by Crippen LogP contribution is 2.51. The molecule has 0 aromatic heterocycles. The van der Waals surface area contributed by atoms with E-state index in [4.69, 9.17) is 42.6 Å². The van der Waals surface area contributed by atoms with E-state index in [9.17, 15) is 0 Å². The first-order valence-corrected chi connectivity index (χ1v) is 17.4. The van der Waals surface area contributed by atoms with Crippen LogP contribution in [0.4, 0.5) is 0 Å². The van der Waals surface area contributed by atoms with Gasteiger partial charge in [-0.2, -0.15) is 0 Å². The van der Waals surface area contributed by atoms with Crippen LogP contribution in [-0.2, 0) is 17.6 Å². The molecule has 1 heterocycles. The summed E-state index contributed by atoms with van der Waals surface area (Å²) in [6.07, 6.45) is 0.921. The van der Waals surface area contributed by atoms with Crippen LogP contribution in [0.2, 0.25) is 0 Å². The number of rotatable bonds is 16. The van der Waals surface area contributed by atoms with Gasteiger partial charge in [0.05, 0.1) is 54.9 Å². The molecule has 5 rings (SSSR count). The molecule has 51 heavy (non-hydrogen) atoms. The van der Waals surface area contributed by atoms with Crippen LogP contribution in [0.5, 0.6) is 46.0 Å². The predicted molar refractivity (Wildman–Crippen MR) is 198 cm³/mol. The lowest BCUT2D eigenvalue weighted by Crippen LogP contribution is -2.16. The van der Waals surface area contributed by atoms with Crippen LogP contribution in [0.25, 0.3) is 0 Å². The molecule has 0 saturated carbocycles. The highest BCUT2D eigenvalue weighted by molar-refractivity contribution is 5.47. The SMILES string of the molecule is COc1ccc(CC(C)Oc2ccc(C3OC(c4ccc(OC(C)Cc5ccc(OC)c(OC)c5)c(OC)c4)C(C)C3C)cc2OC)cc1OC. The van der Waals surface area contributed by atoms with Gasteiger partial charge in [-0.15, -0.1) is 0 Å². The standard InChI is InChI=1S/C42H52O9/c1-25(19-29-11-15-33(43-5)37(21-29)45-7)49-35-17-13-31(23-39(35)47-9)41-27(3)28(4)42(51-41)32-14-18-36(40(24-32)48-10)50-26(2)20-30-12-16-34(44-6)38(22-30)46-8/h11-18,21-28,41-42H,19-20H2,1-10H3. The number of ether oxygens (including phenoxy) is 9. The van der Waals surface area contributed by atoms with Crippen molar-refractivity contribution in [3.8, 4) is 46.0 Å². The van der Waals surface area contributed by atoms with Crippen LogP contribution < -0.4 is 37.9 Å². The summed E-state index contributed by atoms with van der Waals surface area (Å²) >= 11 is 0. The van der Waals surface area contributed by atoms with Crippen molar-refractivity contribution in [3.05, 3.63) is 95.1 Å². The lowest BCUT2D eigenvalue weighted by atomic mass is 9.85. The molecule has 1 aliphatic heterocycles. The van der Waals surface area contributed by atoms with E-state index < -0.39 is 0 Å². The van der Waals surface area contributed by atoms with Gasteiger partial charge in [-0.25, -0.2) is 0 Å². The van der Waals surface area contributed by atoms with Crippen LogP contribution in [0.3, 0.4) is 0 Å². The maximum Gasteiger partial charge on any atom is 0.161 e. The number of hydrogen-bond donors (Lipinski definition) is 0. The van der Waals surface area contributed by atoms with E-state index in [0.717, 1.165) is 22.3 Å². The number of methoxy groups -OCH3 is 6. The van der Waals surface area contributed by atoms with Crippen molar-refractivity contribution in [2.45, 2.75) is 65.0 Å². The molecule has 0 radical (unpaired) electrons. The van der Waals surface area contributed by atoms with Gasteiger partial charge in [0, 0.05) is 12.8 Å². The summed E-state index contributed by atoms with van der Waals surface area (Å²) in [6.45, 7) is 8.56. The predicted octanol–water partition coefficient (Wildman–Crippen LogP) is 8.84. The van der Waals surface area contributed by atoms with Gasteiger partial charge in [-0.3, -0.25) is 0 Å². The molecule has 274 valence electrons. The Morgan fingerprint density at radius 2 is 0.784 bits per heavy atom. The maximum absolute atomic E-state index is 6.80. The molecule has 4 aromatic carbocycles. The molecule has 0 amide bonds. The monoisotopic (exact) mass is 700 g/mol. The largest absolute Gasteiger partial charge is 0.493 e. The van der Waals surface area contributed by atoms with Gasteiger partial charge in [-0.05, 0) is 96.5 Å². The Labute approximate surface area is 302 Å². The first-order chi connectivity index (χ1) is 24.6. The molecule has 6 atom stereocenters. The van der Waals surface area contributed by atoms with Gasteiger partial charge in [-0.1, -0.05) is 38.1 Å². The van der Waals surface area contributed by atoms with E-state index in [1.165, 1.54) is 0 Å². The second-order valence-electron chi connectivity index (χ2n) is 13.2. The first kappa shape index (κ1) is 37.5. The fraction of sp³-hybridized carbons (Fsp3) is 0.429. The average Bonchev–Trinajstić information content (AvgIpc) is 3.44. The van der Waals surface area contributed by atoms with Gasteiger partial charge in [0.15, 0.2) is 46.0 Å².